The van der Waals surface area contributed by atoms with Crippen molar-refractivity contribution in [2.45, 2.75) is 12.7 Å². The number of hydrogen-bond donors (Lipinski definition) is 1. The molecule has 1 atom stereocenters. The third kappa shape index (κ3) is 4.57. The maximum absolute atomic E-state index is 12.3. The van der Waals surface area contributed by atoms with Crippen molar-refractivity contribution in [3.8, 4) is 5.69 Å². The quantitative estimate of drug-likeness (QED) is 0.729. The number of nitrogens with zero attached hydrogens (tertiary/aromatic N) is 4. The van der Waals surface area contributed by atoms with Crippen LogP contribution in [-0.2, 0) is 21.3 Å². The molecule has 1 amide bonds. The first-order valence-corrected chi connectivity index (χ1v) is 9.15. The van der Waals surface area contributed by atoms with Crippen molar-refractivity contribution < 1.29 is 9.00 Å². The summed E-state index contributed by atoms with van der Waals surface area (Å²) in [6.07, 6.45) is 0. The van der Waals surface area contributed by atoms with Crippen LogP contribution in [0.3, 0.4) is 0 Å². The number of tetrazole rings is 1. The molecule has 3 rings (SSSR count). The van der Waals surface area contributed by atoms with Gasteiger partial charge in [-0.2, -0.15) is 4.68 Å². The molecule has 2 aromatic carbocycles. The van der Waals surface area contributed by atoms with Crippen molar-refractivity contribution in [1.82, 2.24) is 20.2 Å². The van der Waals surface area contributed by atoms with Gasteiger partial charge in [0.2, 0.25) is 5.91 Å². The molecule has 0 fully saturated rings. The first kappa shape index (κ1) is 17.0. The Labute approximate surface area is 147 Å². The molecule has 7 nitrogen and oxygen atoms in total. The Bertz CT molecular complexity index is 878. The van der Waals surface area contributed by atoms with E-state index in [1.54, 1.807) is 0 Å². The molecule has 0 radical (unpaired) electrons. The van der Waals surface area contributed by atoms with E-state index in [9.17, 15) is 9.00 Å². The second-order valence-corrected chi connectivity index (χ2v) is 6.94. The minimum Gasteiger partial charge on any atom is -0.325 e. The molecule has 0 aliphatic heterocycles. The Balaban J connectivity index is 1.61. The van der Waals surface area contributed by atoms with Crippen LogP contribution in [0.1, 0.15) is 11.4 Å². The highest BCUT2D eigenvalue weighted by Gasteiger charge is 2.14. The molecule has 0 aliphatic rings. The molecule has 3 aromatic rings. The molecular weight excluding hydrogens is 338 g/mol. The summed E-state index contributed by atoms with van der Waals surface area (Å²) in [6, 6.07) is 16.8. The summed E-state index contributed by atoms with van der Waals surface area (Å²) in [7, 11) is -1.42. The highest BCUT2D eigenvalue weighted by atomic mass is 32.2. The van der Waals surface area contributed by atoms with Crippen LogP contribution in [0.5, 0.6) is 0 Å². The molecule has 128 valence electrons. The van der Waals surface area contributed by atoms with Crippen LogP contribution < -0.4 is 5.32 Å². The van der Waals surface area contributed by atoms with Gasteiger partial charge in [-0.25, -0.2) is 0 Å². The van der Waals surface area contributed by atoms with Crippen molar-refractivity contribution in [2.24, 2.45) is 0 Å². The summed E-state index contributed by atoms with van der Waals surface area (Å²) in [5, 5.41) is 14.2. The largest absolute Gasteiger partial charge is 0.325 e. The average molecular weight is 355 g/mol. The summed E-state index contributed by atoms with van der Waals surface area (Å²) in [5.41, 5.74) is 2.57. The molecule has 8 heteroatoms. The molecule has 0 saturated carbocycles. The number of anilines is 1. The number of benzene rings is 2. The third-order valence-corrected chi connectivity index (χ3v) is 4.62. The number of aromatic nitrogens is 4. The van der Waals surface area contributed by atoms with Gasteiger partial charge in [0, 0.05) is 16.5 Å². The van der Waals surface area contributed by atoms with Crippen LogP contribution in [0, 0.1) is 6.92 Å². The predicted molar refractivity (Wildman–Crippen MR) is 95.7 cm³/mol. The Kier molecular flexibility index (Phi) is 5.30. The van der Waals surface area contributed by atoms with Crippen LogP contribution in [0.25, 0.3) is 5.69 Å². The van der Waals surface area contributed by atoms with Gasteiger partial charge in [0.1, 0.15) is 5.75 Å². The minimum atomic E-state index is -1.42. The molecule has 0 aliphatic carbocycles. The molecule has 0 unspecified atom stereocenters. The molecule has 0 spiro atoms. The lowest BCUT2D eigenvalue weighted by Gasteiger charge is -2.06. The van der Waals surface area contributed by atoms with Gasteiger partial charge in [-0.05, 0) is 41.6 Å². The van der Waals surface area contributed by atoms with E-state index in [1.165, 1.54) is 4.68 Å². The Morgan fingerprint density at radius 1 is 1.12 bits per heavy atom. The van der Waals surface area contributed by atoms with Crippen LogP contribution in [0.4, 0.5) is 5.69 Å². The SMILES string of the molecule is Cc1ccc(NC(=O)C[S@](=O)Cc2nnnn2-c2ccccc2)cc1. The summed E-state index contributed by atoms with van der Waals surface area (Å²) in [5.74, 6) is 0.132. The maximum Gasteiger partial charge on any atom is 0.237 e. The van der Waals surface area contributed by atoms with Crippen molar-refractivity contribution in [3.63, 3.8) is 0 Å². The number of nitrogens with one attached hydrogen (secondary N) is 1. The summed E-state index contributed by atoms with van der Waals surface area (Å²) in [4.78, 5) is 12.0. The van der Waals surface area contributed by atoms with E-state index in [2.05, 4.69) is 20.8 Å². The fourth-order valence-corrected chi connectivity index (χ4v) is 3.18. The Morgan fingerprint density at radius 2 is 1.84 bits per heavy atom. The molecule has 25 heavy (non-hydrogen) atoms. The van der Waals surface area contributed by atoms with E-state index in [4.69, 9.17) is 0 Å². The summed E-state index contributed by atoms with van der Waals surface area (Å²) >= 11 is 0. The highest BCUT2D eigenvalue weighted by Crippen LogP contribution is 2.10. The second kappa shape index (κ2) is 7.80. The Hall–Kier alpha value is -2.87. The number of carbonyl (C=O) groups excluding carboxylic acids is 1. The lowest BCUT2D eigenvalue weighted by atomic mass is 10.2. The van der Waals surface area contributed by atoms with E-state index >= 15 is 0 Å². The smallest absolute Gasteiger partial charge is 0.237 e. The minimum absolute atomic E-state index is 0.100. The normalized spacial score (nSPS) is 11.9. The van der Waals surface area contributed by atoms with Crippen LogP contribution >= 0.6 is 0 Å². The first-order valence-electron chi connectivity index (χ1n) is 7.66. The molecule has 0 bridgehead atoms. The van der Waals surface area contributed by atoms with Gasteiger partial charge in [0.25, 0.3) is 0 Å². The zero-order valence-electron chi connectivity index (χ0n) is 13.6. The van der Waals surface area contributed by atoms with E-state index in [-0.39, 0.29) is 17.4 Å². The number of rotatable bonds is 6. The number of amides is 1. The highest BCUT2D eigenvalue weighted by molar-refractivity contribution is 7.84. The number of para-hydroxylation sites is 1. The summed E-state index contributed by atoms with van der Waals surface area (Å²) < 4.78 is 13.8. The average Bonchev–Trinajstić information content (AvgIpc) is 3.05. The Morgan fingerprint density at radius 3 is 2.56 bits per heavy atom. The zero-order chi connectivity index (χ0) is 17.6. The molecule has 1 aromatic heterocycles. The second-order valence-electron chi connectivity index (χ2n) is 5.49. The lowest BCUT2D eigenvalue weighted by molar-refractivity contribution is -0.113. The molecule has 0 saturated heterocycles. The predicted octanol–water partition coefficient (Wildman–Crippen LogP) is 1.86. The van der Waals surface area contributed by atoms with E-state index in [0.29, 0.717) is 11.5 Å². The van der Waals surface area contributed by atoms with Crippen molar-refractivity contribution >= 4 is 22.4 Å². The molecular formula is C17H17N5O2S. The molecule has 1 heterocycles. The van der Waals surface area contributed by atoms with E-state index in [1.807, 2.05) is 61.5 Å². The van der Waals surface area contributed by atoms with Gasteiger partial charge < -0.3 is 5.32 Å². The standard InChI is InChI=1S/C17H17N5O2S/c1-13-7-9-14(10-8-13)18-17(23)12-25(24)11-16-19-20-21-22(16)15-5-3-2-4-6-15/h2-10H,11-12H2,1H3,(H,18,23)/t25-/m1/s1. The maximum atomic E-state index is 12.3. The zero-order valence-corrected chi connectivity index (χ0v) is 14.4. The van der Waals surface area contributed by atoms with Gasteiger partial charge in [-0.15, -0.1) is 5.10 Å². The van der Waals surface area contributed by atoms with Crippen molar-refractivity contribution in [3.05, 3.63) is 66.0 Å². The van der Waals surface area contributed by atoms with Gasteiger partial charge in [-0.1, -0.05) is 35.9 Å². The van der Waals surface area contributed by atoms with Crippen molar-refractivity contribution in [1.29, 1.82) is 0 Å². The van der Waals surface area contributed by atoms with Gasteiger partial charge >= 0.3 is 0 Å². The number of hydrogen-bond acceptors (Lipinski definition) is 5. The topological polar surface area (TPSA) is 89.8 Å². The molecule has 1 N–H and O–H groups in total. The van der Waals surface area contributed by atoms with Crippen LogP contribution in [-0.4, -0.2) is 36.1 Å². The fraction of sp³-hybridized carbons (Fsp3) is 0.176. The van der Waals surface area contributed by atoms with Crippen molar-refractivity contribution in [2.75, 3.05) is 11.1 Å². The summed E-state index contributed by atoms with van der Waals surface area (Å²) in [6.45, 7) is 1.97. The van der Waals surface area contributed by atoms with E-state index < -0.39 is 10.8 Å². The van der Waals surface area contributed by atoms with Gasteiger partial charge in [0.05, 0.1) is 11.4 Å². The van der Waals surface area contributed by atoms with Gasteiger partial charge in [-0.3, -0.25) is 9.00 Å². The van der Waals surface area contributed by atoms with Crippen LogP contribution in [0.2, 0.25) is 0 Å². The first-order chi connectivity index (χ1) is 12.1. The van der Waals surface area contributed by atoms with E-state index in [0.717, 1.165) is 11.3 Å². The number of aryl methyl sites for hydroxylation is 1. The third-order valence-electron chi connectivity index (χ3n) is 3.45. The van der Waals surface area contributed by atoms with Gasteiger partial charge in [0.15, 0.2) is 5.82 Å². The van der Waals surface area contributed by atoms with Crippen LogP contribution in [0.15, 0.2) is 54.6 Å². The number of carbonyl (C=O) groups is 1. The monoisotopic (exact) mass is 355 g/mol. The lowest BCUT2D eigenvalue weighted by Crippen LogP contribution is -2.21. The fourth-order valence-electron chi connectivity index (χ4n) is 2.24.